The summed E-state index contributed by atoms with van der Waals surface area (Å²) in [6.07, 6.45) is 5.86. The van der Waals surface area contributed by atoms with Crippen LogP contribution in [0, 0.1) is 0 Å². The molecule has 1 aromatic rings. The Morgan fingerprint density at radius 3 is 2.89 bits per heavy atom. The van der Waals surface area contributed by atoms with Crippen LogP contribution in [0.1, 0.15) is 19.2 Å². The summed E-state index contributed by atoms with van der Waals surface area (Å²) in [7, 11) is 0. The van der Waals surface area contributed by atoms with Crippen molar-refractivity contribution in [3.05, 3.63) is 18.2 Å². The molecule has 0 spiro atoms. The molecular formula is C6H11IN2. The second kappa shape index (κ2) is 4.78. The molecule has 0 unspecified atom stereocenters. The molecule has 1 N–H and O–H groups in total. The first-order valence-corrected chi connectivity index (χ1v) is 2.91. The van der Waals surface area contributed by atoms with Crippen LogP contribution in [0.3, 0.4) is 0 Å². The summed E-state index contributed by atoms with van der Waals surface area (Å²) in [5.74, 6) is 1.09. The second-order valence-corrected chi connectivity index (χ2v) is 1.79. The van der Waals surface area contributed by atoms with Gasteiger partial charge in [0.05, 0.1) is 0 Å². The van der Waals surface area contributed by atoms with Gasteiger partial charge in [0.25, 0.3) is 0 Å². The molecule has 0 aromatic carbocycles. The number of hydrogen-bond donors (Lipinski definition) is 1. The average Bonchev–Trinajstić information content (AvgIpc) is 2.19. The largest absolute Gasteiger partial charge is 0.349 e. The first kappa shape index (κ1) is 8.94. The zero-order valence-electron chi connectivity index (χ0n) is 5.42. The third-order valence-electron chi connectivity index (χ3n) is 1.04. The van der Waals surface area contributed by atoms with Crippen molar-refractivity contribution in [2.45, 2.75) is 19.8 Å². The third kappa shape index (κ3) is 2.84. The highest BCUT2D eigenvalue weighted by atomic mass is 127. The molecule has 0 aliphatic rings. The summed E-state index contributed by atoms with van der Waals surface area (Å²) in [5, 5.41) is 0. The van der Waals surface area contributed by atoms with Crippen molar-refractivity contribution in [3.63, 3.8) is 0 Å². The van der Waals surface area contributed by atoms with Gasteiger partial charge in [-0.05, 0) is 6.42 Å². The summed E-state index contributed by atoms with van der Waals surface area (Å²) < 4.78 is 0. The van der Waals surface area contributed by atoms with Gasteiger partial charge in [0.2, 0.25) is 0 Å². The number of aromatic nitrogens is 2. The molecular weight excluding hydrogens is 227 g/mol. The Morgan fingerprint density at radius 1 is 1.67 bits per heavy atom. The molecule has 0 fully saturated rings. The first-order valence-electron chi connectivity index (χ1n) is 2.91. The number of halogens is 1. The lowest BCUT2D eigenvalue weighted by molar-refractivity contribution is 0.856. The van der Waals surface area contributed by atoms with Gasteiger partial charge in [-0.25, -0.2) is 4.98 Å². The van der Waals surface area contributed by atoms with E-state index in [-0.39, 0.29) is 24.0 Å². The molecule has 3 heteroatoms. The van der Waals surface area contributed by atoms with Crippen LogP contribution < -0.4 is 0 Å². The minimum atomic E-state index is 0. The maximum atomic E-state index is 4.05. The molecule has 0 amide bonds. The molecule has 1 heterocycles. The number of rotatable bonds is 2. The van der Waals surface area contributed by atoms with E-state index in [0.717, 1.165) is 18.7 Å². The average molecular weight is 238 g/mol. The van der Waals surface area contributed by atoms with E-state index in [1.165, 1.54) is 0 Å². The van der Waals surface area contributed by atoms with Crippen LogP contribution in [0.2, 0.25) is 0 Å². The molecule has 52 valence electrons. The van der Waals surface area contributed by atoms with Gasteiger partial charge in [-0.3, -0.25) is 0 Å². The number of aromatic amines is 1. The monoisotopic (exact) mass is 238 g/mol. The fourth-order valence-electron chi connectivity index (χ4n) is 0.671. The van der Waals surface area contributed by atoms with Crippen molar-refractivity contribution in [2.24, 2.45) is 0 Å². The van der Waals surface area contributed by atoms with E-state index in [2.05, 4.69) is 16.9 Å². The fraction of sp³-hybridized carbons (Fsp3) is 0.500. The second-order valence-electron chi connectivity index (χ2n) is 1.79. The van der Waals surface area contributed by atoms with Gasteiger partial charge < -0.3 is 4.98 Å². The summed E-state index contributed by atoms with van der Waals surface area (Å²) in [4.78, 5) is 7.08. The highest BCUT2D eigenvalue weighted by Crippen LogP contribution is 1.91. The van der Waals surface area contributed by atoms with Crippen LogP contribution in [-0.4, -0.2) is 9.97 Å². The Labute approximate surface area is 72.1 Å². The first-order chi connectivity index (χ1) is 3.93. The van der Waals surface area contributed by atoms with E-state index in [4.69, 9.17) is 0 Å². The predicted molar refractivity (Wildman–Crippen MR) is 48.0 cm³/mol. The maximum absolute atomic E-state index is 4.05. The molecule has 2 nitrogen and oxygen atoms in total. The molecule has 0 bridgehead atoms. The van der Waals surface area contributed by atoms with E-state index in [1.807, 2.05) is 6.20 Å². The Kier molecular flexibility index (Phi) is 4.75. The number of H-pyrrole nitrogens is 1. The minimum Gasteiger partial charge on any atom is -0.349 e. The van der Waals surface area contributed by atoms with Gasteiger partial charge in [0, 0.05) is 18.8 Å². The Balaban J connectivity index is 0.000000640. The van der Waals surface area contributed by atoms with Gasteiger partial charge in [0.15, 0.2) is 0 Å². The molecule has 0 atom stereocenters. The standard InChI is InChI=1S/C6H10N2.HI/c1-2-3-6-7-4-5-8-6;/h4-5H,2-3H2,1H3,(H,7,8);1H. The number of aryl methyl sites for hydroxylation is 1. The Bertz CT molecular complexity index is 137. The van der Waals surface area contributed by atoms with E-state index < -0.39 is 0 Å². The quantitative estimate of drug-likeness (QED) is 0.784. The topological polar surface area (TPSA) is 28.7 Å². The van der Waals surface area contributed by atoms with Gasteiger partial charge in [0.1, 0.15) is 5.82 Å². The van der Waals surface area contributed by atoms with E-state index in [9.17, 15) is 0 Å². The van der Waals surface area contributed by atoms with Gasteiger partial charge >= 0.3 is 0 Å². The normalized spacial score (nSPS) is 8.56. The molecule has 1 aromatic heterocycles. The van der Waals surface area contributed by atoms with Crippen molar-refractivity contribution in [2.75, 3.05) is 0 Å². The molecule has 0 saturated carbocycles. The van der Waals surface area contributed by atoms with E-state index >= 15 is 0 Å². The molecule has 0 aliphatic carbocycles. The molecule has 0 radical (unpaired) electrons. The summed E-state index contributed by atoms with van der Waals surface area (Å²) in [6, 6.07) is 0. The van der Waals surface area contributed by atoms with Crippen molar-refractivity contribution < 1.29 is 0 Å². The number of hydrogen-bond acceptors (Lipinski definition) is 1. The maximum Gasteiger partial charge on any atom is 0.105 e. The highest BCUT2D eigenvalue weighted by Gasteiger charge is 1.87. The van der Waals surface area contributed by atoms with Crippen LogP contribution in [0.5, 0.6) is 0 Å². The van der Waals surface area contributed by atoms with Crippen molar-refractivity contribution in [3.8, 4) is 0 Å². The van der Waals surface area contributed by atoms with Crippen LogP contribution in [0.25, 0.3) is 0 Å². The van der Waals surface area contributed by atoms with Crippen LogP contribution in [0.15, 0.2) is 12.4 Å². The molecule has 1 rings (SSSR count). The predicted octanol–water partition coefficient (Wildman–Crippen LogP) is 1.98. The van der Waals surface area contributed by atoms with E-state index in [0.29, 0.717) is 0 Å². The lowest BCUT2D eigenvalue weighted by atomic mass is 10.3. The van der Waals surface area contributed by atoms with Crippen molar-refractivity contribution in [1.29, 1.82) is 0 Å². The summed E-state index contributed by atoms with van der Waals surface area (Å²) >= 11 is 0. The van der Waals surface area contributed by atoms with Gasteiger partial charge in [-0.15, -0.1) is 24.0 Å². The van der Waals surface area contributed by atoms with Gasteiger partial charge in [-0.2, -0.15) is 0 Å². The van der Waals surface area contributed by atoms with E-state index in [1.54, 1.807) is 6.20 Å². The van der Waals surface area contributed by atoms with Gasteiger partial charge in [-0.1, -0.05) is 6.92 Å². The van der Waals surface area contributed by atoms with Crippen LogP contribution in [-0.2, 0) is 6.42 Å². The lowest BCUT2D eigenvalue weighted by Crippen LogP contribution is -1.83. The smallest absolute Gasteiger partial charge is 0.105 e. The minimum absolute atomic E-state index is 0. The number of imidazole rings is 1. The van der Waals surface area contributed by atoms with Crippen LogP contribution in [0.4, 0.5) is 0 Å². The Morgan fingerprint density at radius 2 is 2.44 bits per heavy atom. The Hall–Kier alpha value is -0.0600. The van der Waals surface area contributed by atoms with Crippen LogP contribution >= 0.6 is 24.0 Å². The highest BCUT2D eigenvalue weighted by molar-refractivity contribution is 14.0. The number of nitrogens with zero attached hydrogens (tertiary/aromatic N) is 1. The zero-order valence-corrected chi connectivity index (χ0v) is 7.75. The summed E-state index contributed by atoms with van der Waals surface area (Å²) in [5.41, 5.74) is 0. The van der Waals surface area contributed by atoms with Crippen molar-refractivity contribution >= 4 is 24.0 Å². The number of nitrogens with one attached hydrogen (secondary N) is 1. The third-order valence-corrected chi connectivity index (χ3v) is 1.04. The summed E-state index contributed by atoms with van der Waals surface area (Å²) in [6.45, 7) is 2.14. The SMILES string of the molecule is CCCc1ncc[nH]1.I. The van der Waals surface area contributed by atoms with Crippen molar-refractivity contribution in [1.82, 2.24) is 9.97 Å². The lowest BCUT2D eigenvalue weighted by Gasteiger charge is -1.85. The zero-order chi connectivity index (χ0) is 5.82. The fourth-order valence-corrected chi connectivity index (χ4v) is 0.671. The molecule has 0 aliphatic heterocycles. The molecule has 0 saturated heterocycles. The molecule has 9 heavy (non-hydrogen) atoms.